The Bertz CT molecular complexity index is 832. The summed E-state index contributed by atoms with van der Waals surface area (Å²) in [5.74, 6) is 0.875. The molecule has 0 aromatic heterocycles. The highest BCUT2D eigenvalue weighted by Gasteiger charge is 2.57. The van der Waals surface area contributed by atoms with Crippen LogP contribution in [0.1, 0.15) is 65.4 Å². The van der Waals surface area contributed by atoms with Crippen molar-refractivity contribution in [3.8, 4) is 5.75 Å². The number of hydrogen-bond acceptors (Lipinski definition) is 7. The quantitative estimate of drug-likeness (QED) is 0.632. The summed E-state index contributed by atoms with van der Waals surface area (Å²) < 4.78 is 37.2. The van der Waals surface area contributed by atoms with Gasteiger partial charge in [-0.05, 0) is 35.4 Å². The normalized spacial score (nSPS) is 44.0. The molecule has 35 heavy (non-hydrogen) atoms. The Morgan fingerprint density at radius 2 is 1.71 bits per heavy atom. The molecule has 0 radical (unpaired) electrons. The van der Waals surface area contributed by atoms with Gasteiger partial charge in [-0.15, -0.1) is 0 Å². The zero-order chi connectivity index (χ0) is 24.7. The molecule has 1 spiro atoms. The van der Waals surface area contributed by atoms with Crippen LogP contribution in [0.15, 0.2) is 24.3 Å². The zero-order valence-corrected chi connectivity index (χ0v) is 21.7. The molecule has 0 bridgehead atoms. The first-order valence-electron chi connectivity index (χ1n) is 13.4. The SMILES string of the molecule is CC[C@H](C)[C@@H]1C[C@H]2O[C@@H]3[C@H](C[C@H]2O1)OC1(C[C@@H]3C)C[C@H](C)[C@H](OCc2ccc(OC)cc2)C(O)O1. The minimum absolute atomic E-state index is 0.0428. The fourth-order valence-corrected chi connectivity index (χ4v) is 6.52. The van der Waals surface area contributed by atoms with E-state index in [1.165, 1.54) is 0 Å². The fourth-order valence-electron chi connectivity index (χ4n) is 6.52. The molecule has 5 rings (SSSR count). The minimum atomic E-state index is -1.05. The van der Waals surface area contributed by atoms with Crippen molar-refractivity contribution in [2.75, 3.05) is 7.11 Å². The van der Waals surface area contributed by atoms with E-state index in [0.29, 0.717) is 25.4 Å². The number of aliphatic hydroxyl groups is 1. The van der Waals surface area contributed by atoms with Gasteiger partial charge in [0.25, 0.3) is 0 Å². The number of ether oxygens (including phenoxy) is 6. The monoisotopic (exact) mass is 490 g/mol. The van der Waals surface area contributed by atoms with Crippen LogP contribution in [-0.2, 0) is 30.3 Å². The molecule has 0 amide bonds. The Morgan fingerprint density at radius 3 is 2.40 bits per heavy atom. The lowest BCUT2D eigenvalue weighted by molar-refractivity contribution is -0.403. The average molecular weight is 491 g/mol. The van der Waals surface area contributed by atoms with Crippen LogP contribution in [0.3, 0.4) is 0 Å². The molecule has 1 N–H and O–H groups in total. The van der Waals surface area contributed by atoms with Gasteiger partial charge >= 0.3 is 0 Å². The van der Waals surface area contributed by atoms with Gasteiger partial charge in [0.2, 0.25) is 0 Å². The first-order valence-corrected chi connectivity index (χ1v) is 13.4. The summed E-state index contributed by atoms with van der Waals surface area (Å²) >= 11 is 0. The lowest BCUT2D eigenvalue weighted by Gasteiger charge is -2.54. The van der Waals surface area contributed by atoms with E-state index in [-0.39, 0.29) is 42.4 Å². The van der Waals surface area contributed by atoms with Crippen molar-refractivity contribution in [1.82, 2.24) is 0 Å². The minimum Gasteiger partial charge on any atom is -0.497 e. The molecule has 4 heterocycles. The summed E-state index contributed by atoms with van der Waals surface area (Å²) in [5.41, 5.74) is 1.03. The van der Waals surface area contributed by atoms with Gasteiger partial charge in [-0.3, -0.25) is 0 Å². The summed E-state index contributed by atoms with van der Waals surface area (Å²) in [6.07, 6.45) is 3.26. The lowest BCUT2D eigenvalue weighted by atomic mass is 9.79. The molecule has 1 aromatic rings. The standard InChI is InChI=1S/C28H42O7/c1-6-16(2)21-11-23-22(32-21)12-24-25(33-23)17(3)13-28(34-24)14-18(4)26(27(29)35-28)31-15-19-7-9-20(30-5)10-8-19/h7-10,16-18,21-27,29H,6,11-15H2,1-5H3/t16-,17-,18-,21-,22+,23+,24-,25-,26-,27?,28?/m0/s1. The third-order valence-corrected chi connectivity index (χ3v) is 8.64. The zero-order valence-electron chi connectivity index (χ0n) is 21.7. The molecule has 196 valence electrons. The van der Waals surface area contributed by atoms with Crippen molar-refractivity contribution in [3.63, 3.8) is 0 Å². The number of benzene rings is 1. The molecule has 11 atom stereocenters. The van der Waals surface area contributed by atoms with Crippen LogP contribution in [0.4, 0.5) is 0 Å². The maximum absolute atomic E-state index is 11.0. The Hall–Kier alpha value is -1.22. The highest BCUT2D eigenvalue weighted by Crippen LogP contribution is 2.49. The number of fused-ring (bicyclic) bond motifs is 2. The van der Waals surface area contributed by atoms with E-state index in [4.69, 9.17) is 28.4 Å². The lowest BCUT2D eigenvalue weighted by Crippen LogP contribution is -2.62. The molecule has 2 unspecified atom stereocenters. The predicted octanol–water partition coefficient (Wildman–Crippen LogP) is 4.44. The van der Waals surface area contributed by atoms with E-state index in [9.17, 15) is 5.11 Å². The van der Waals surface area contributed by atoms with Gasteiger partial charge in [0.15, 0.2) is 12.1 Å². The van der Waals surface area contributed by atoms with E-state index in [2.05, 4.69) is 27.7 Å². The van der Waals surface area contributed by atoms with E-state index in [0.717, 1.165) is 30.6 Å². The number of hydrogen-bond donors (Lipinski definition) is 1. The average Bonchev–Trinajstić information content (AvgIpc) is 3.25. The fraction of sp³-hybridized carbons (Fsp3) is 0.786. The molecule has 1 aromatic carbocycles. The Kier molecular flexibility index (Phi) is 7.46. The van der Waals surface area contributed by atoms with E-state index >= 15 is 0 Å². The van der Waals surface area contributed by atoms with E-state index in [1.807, 2.05) is 24.3 Å². The van der Waals surface area contributed by atoms with Gasteiger partial charge in [-0.1, -0.05) is 46.2 Å². The third kappa shape index (κ3) is 5.13. The van der Waals surface area contributed by atoms with Gasteiger partial charge in [0, 0.05) is 25.7 Å². The largest absolute Gasteiger partial charge is 0.497 e. The van der Waals surface area contributed by atoms with Crippen molar-refractivity contribution in [3.05, 3.63) is 29.8 Å². The number of rotatable bonds is 6. The molecule has 7 nitrogen and oxygen atoms in total. The Labute approximate surface area is 209 Å². The molecule has 0 saturated carbocycles. The summed E-state index contributed by atoms with van der Waals surface area (Å²) in [6, 6.07) is 7.77. The van der Waals surface area contributed by atoms with Gasteiger partial charge in [-0.2, -0.15) is 0 Å². The second-order valence-electron chi connectivity index (χ2n) is 11.3. The summed E-state index contributed by atoms with van der Waals surface area (Å²) in [5, 5.41) is 11.0. The maximum atomic E-state index is 11.0. The topological polar surface area (TPSA) is 75.6 Å². The van der Waals surface area contributed by atoms with E-state index in [1.54, 1.807) is 7.11 Å². The number of aliphatic hydroxyl groups excluding tert-OH is 1. The molecule has 4 aliphatic heterocycles. The summed E-state index contributed by atoms with van der Waals surface area (Å²) in [7, 11) is 1.65. The van der Waals surface area contributed by atoms with Crippen LogP contribution in [0, 0.1) is 17.8 Å². The van der Waals surface area contributed by atoms with Crippen molar-refractivity contribution in [1.29, 1.82) is 0 Å². The van der Waals surface area contributed by atoms with Crippen LogP contribution in [0.2, 0.25) is 0 Å². The first kappa shape index (κ1) is 25.4. The molecule has 4 aliphatic rings. The van der Waals surface area contributed by atoms with Crippen LogP contribution in [0.5, 0.6) is 5.75 Å². The third-order valence-electron chi connectivity index (χ3n) is 8.64. The highest BCUT2D eigenvalue weighted by atomic mass is 16.8. The first-order chi connectivity index (χ1) is 16.8. The van der Waals surface area contributed by atoms with Crippen molar-refractivity contribution >= 4 is 0 Å². The molecule has 4 saturated heterocycles. The van der Waals surface area contributed by atoms with Crippen LogP contribution in [0.25, 0.3) is 0 Å². The van der Waals surface area contributed by atoms with Crippen molar-refractivity contribution < 1.29 is 33.5 Å². The molecule has 7 heteroatoms. The van der Waals surface area contributed by atoms with Gasteiger partial charge in [-0.25, -0.2) is 0 Å². The Morgan fingerprint density at radius 1 is 1.00 bits per heavy atom. The Balaban J connectivity index is 1.21. The van der Waals surface area contributed by atoms with Gasteiger partial charge in [0.05, 0.1) is 44.2 Å². The second kappa shape index (κ2) is 10.3. The number of methoxy groups -OCH3 is 1. The van der Waals surface area contributed by atoms with Gasteiger partial charge < -0.3 is 33.5 Å². The van der Waals surface area contributed by atoms with Crippen LogP contribution < -0.4 is 4.74 Å². The summed E-state index contributed by atoms with van der Waals surface area (Å²) in [4.78, 5) is 0. The maximum Gasteiger partial charge on any atom is 0.184 e. The molecular weight excluding hydrogens is 448 g/mol. The molecular formula is C28H42O7. The molecule has 4 fully saturated rings. The highest BCUT2D eigenvalue weighted by molar-refractivity contribution is 5.26. The van der Waals surface area contributed by atoms with E-state index < -0.39 is 18.2 Å². The summed E-state index contributed by atoms with van der Waals surface area (Å²) in [6.45, 7) is 9.20. The van der Waals surface area contributed by atoms with Crippen LogP contribution in [-0.4, -0.2) is 60.9 Å². The second-order valence-corrected chi connectivity index (χ2v) is 11.3. The van der Waals surface area contributed by atoms with Crippen LogP contribution >= 0.6 is 0 Å². The smallest absolute Gasteiger partial charge is 0.184 e. The predicted molar refractivity (Wildman–Crippen MR) is 130 cm³/mol. The molecule has 0 aliphatic carbocycles. The van der Waals surface area contributed by atoms with Crippen molar-refractivity contribution in [2.24, 2.45) is 17.8 Å². The van der Waals surface area contributed by atoms with Crippen molar-refractivity contribution in [2.45, 2.75) is 115 Å². The van der Waals surface area contributed by atoms with Gasteiger partial charge in [0.1, 0.15) is 11.9 Å².